The molecule has 2 heterocycles. The van der Waals surface area contributed by atoms with Gasteiger partial charge >= 0.3 is 0 Å². The molecule has 1 aliphatic heterocycles. The fourth-order valence-corrected chi connectivity index (χ4v) is 2.73. The number of nitrogens with one attached hydrogen (secondary N) is 2. The number of pyridine rings is 1. The average Bonchev–Trinajstić information content (AvgIpc) is 3.03. The Morgan fingerprint density at radius 2 is 2.10 bits per heavy atom. The molecular weight excluding hydrogens is 260 g/mol. The molecule has 0 unspecified atom stereocenters. The van der Waals surface area contributed by atoms with Gasteiger partial charge in [-0.05, 0) is 25.1 Å². The Morgan fingerprint density at radius 3 is 2.86 bits per heavy atom. The number of nitrogens with zero attached hydrogens (tertiary/aromatic N) is 2. The summed E-state index contributed by atoms with van der Waals surface area (Å²) in [4.78, 5) is 6.82. The molecule has 4 nitrogen and oxygen atoms in total. The molecule has 1 atom stereocenters. The van der Waals surface area contributed by atoms with Gasteiger partial charge in [0.25, 0.3) is 0 Å². The zero-order valence-electron chi connectivity index (χ0n) is 12.4. The second-order valence-corrected chi connectivity index (χ2v) is 5.46. The lowest BCUT2D eigenvalue weighted by atomic mass is 10.2. The van der Waals surface area contributed by atoms with Gasteiger partial charge in [-0.2, -0.15) is 0 Å². The van der Waals surface area contributed by atoms with Crippen LogP contribution in [0, 0.1) is 0 Å². The highest BCUT2D eigenvalue weighted by Gasteiger charge is 2.21. The van der Waals surface area contributed by atoms with Gasteiger partial charge in [0, 0.05) is 43.6 Å². The summed E-state index contributed by atoms with van der Waals surface area (Å²) < 4.78 is 0. The maximum absolute atomic E-state index is 4.41. The highest BCUT2D eigenvalue weighted by molar-refractivity contribution is 5.54. The molecule has 1 aromatic carbocycles. The van der Waals surface area contributed by atoms with E-state index in [2.05, 4.69) is 56.9 Å². The van der Waals surface area contributed by atoms with E-state index in [0.717, 1.165) is 25.5 Å². The van der Waals surface area contributed by atoms with Crippen LogP contribution in [-0.4, -0.2) is 31.2 Å². The molecular formula is C17H22N4. The lowest BCUT2D eigenvalue weighted by Crippen LogP contribution is -2.29. The number of benzene rings is 1. The van der Waals surface area contributed by atoms with Gasteiger partial charge in [0.1, 0.15) is 5.82 Å². The van der Waals surface area contributed by atoms with Crippen molar-refractivity contribution >= 4 is 11.5 Å². The molecule has 1 aliphatic rings. The van der Waals surface area contributed by atoms with E-state index in [0.29, 0.717) is 6.04 Å². The first-order chi connectivity index (χ1) is 10.3. The molecule has 0 radical (unpaired) electrons. The van der Waals surface area contributed by atoms with Crippen molar-refractivity contribution in [3.05, 3.63) is 54.2 Å². The van der Waals surface area contributed by atoms with Gasteiger partial charge in [0.05, 0.1) is 0 Å². The molecule has 1 saturated heterocycles. The van der Waals surface area contributed by atoms with E-state index in [9.17, 15) is 0 Å². The molecule has 0 amide bonds. The van der Waals surface area contributed by atoms with E-state index in [4.69, 9.17) is 0 Å². The van der Waals surface area contributed by atoms with Gasteiger partial charge < -0.3 is 15.5 Å². The predicted octanol–water partition coefficient (Wildman–Crippen LogP) is 2.49. The summed E-state index contributed by atoms with van der Waals surface area (Å²) in [7, 11) is 2.04. The molecule has 3 rings (SSSR count). The predicted molar refractivity (Wildman–Crippen MR) is 87.7 cm³/mol. The van der Waals surface area contributed by atoms with Crippen LogP contribution in [0.2, 0.25) is 0 Å². The number of rotatable bonds is 5. The topological polar surface area (TPSA) is 40.2 Å². The van der Waals surface area contributed by atoms with Crippen LogP contribution < -0.4 is 15.5 Å². The Hall–Kier alpha value is -2.07. The number of hydrogen-bond donors (Lipinski definition) is 2. The van der Waals surface area contributed by atoms with Crippen molar-refractivity contribution in [2.75, 3.05) is 30.4 Å². The lowest BCUT2D eigenvalue weighted by molar-refractivity contribution is 0.617. The van der Waals surface area contributed by atoms with E-state index < -0.39 is 0 Å². The second kappa shape index (κ2) is 6.59. The Labute approximate surface area is 126 Å². The number of aromatic nitrogens is 1. The third-order valence-electron chi connectivity index (χ3n) is 4.02. The second-order valence-electron chi connectivity index (χ2n) is 5.46. The number of likely N-dealkylation sites (N-methyl/N-ethyl adjacent to an activating group) is 1. The van der Waals surface area contributed by atoms with Crippen molar-refractivity contribution in [2.45, 2.75) is 19.0 Å². The molecule has 110 valence electrons. The van der Waals surface area contributed by atoms with E-state index in [1.165, 1.54) is 17.7 Å². The highest BCUT2D eigenvalue weighted by Crippen LogP contribution is 2.22. The van der Waals surface area contributed by atoms with E-state index >= 15 is 0 Å². The van der Waals surface area contributed by atoms with Crippen molar-refractivity contribution < 1.29 is 0 Å². The standard InChI is InChI=1S/C17H22N4/c1-18-15-8-10-21(13-15)16-7-9-19-17(11-16)20-12-14-5-3-2-4-6-14/h2-7,9,11,15,18H,8,10,12-13H2,1H3,(H,19,20)/t15-/m0/s1. The molecule has 4 heteroatoms. The van der Waals surface area contributed by atoms with Crippen LogP contribution in [0.4, 0.5) is 11.5 Å². The third kappa shape index (κ3) is 3.52. The monoisotopic (exact) mass is 282 g/mol. The van der Waals surface area contributed by atoms with Gasteiger partial charge in [-0.15, -0.1) is 0 Å². The van der Waals surface area contributed by atoms with Gasteiger partial charge in [-0.25, -0.2) is 4.98 Å². The average molecular weight is 282 g/mol. The van der Waals surface area contributed by atoms with Gasteiger partial charge in [0.2, 0.25) is 0 Å². The van der Waals surface area contributed by atoms with E-state index in [1.54, 1.807) is 0 Å². The minimum atomic E-state index is 0.596. The van der Waals surface area contributed by atoms with Crippen LogP contribution in [0.3, 0.4) is 0 Å². The zero-order valence-corrected chi connectivity index (χ0v) is 12.4. The summed E-state index contributed by atoms with van der Waals surface area (Å²) in [5.41, 5.74) is 2.51. The first kappa shape index (κ1) is 13.9. The smallest absolute Gasteiger partial charge is 0.128 e. The molecule has 0 aliphatic carbocycles. The largest absolute Gasteiger partial charge is 0.370 e. The SMILES string of the molecule is CN[C@H]1CCN(c2ccnc(NCc3ccccc3)c2)C1. The molecule has 1 aromatic heterocycles. The summed E-state index contributed by atoms with van der Waals surface area (Å²) in [6.07, 6.45) is 3.08. The molecule has 2 aromatic rings. The van der Waals surface area contributed by atoms with E-state index in [-0.39, 0.29) is 0 Å². The fraction of sp³-hybridized carbons (Fsp3) is 0.353. The van der Waals surface area contributed by atoms with Crippen LogP contribution in [-0.2, 0) is 6.54 Å². The normalized spacial score (nSPS) is 18.0. The Morgan fingerprint density at radius 1 is 1.24 bits per heavy atom. The van der Waals surface area contributed by atoms with E-state index in [1.807, 2.05) is 19.3 Å². The summed E-state index contributed by atoms with van der Waals surface area (Å²) in [5, 5.41) is 6.75. The van der Waals surface area contributed by atoms with Crippen LogP contribution >= 0.6 is 0 Å². The van der Waals surface area contributed by atoms with Crippen LogP contribution in [0.25, 0.3) is 0 Å². The zero-order chi connectivity index (χ0) is 14.5. The summed E-state index contributed by atoms with van der Waals surface area (Å²) in [5.74, 6) is 0.935. The Bertz CT molecular complexity index is 570. The molecule has 0 bridgehead atoms. The minimum Gasteiger partial charge on any atom is -0.370 e. The number of anilines is 2. The quantitative estimate of drug-likeness (QED) is 0.884. The molecule has 1 fully saturated rings. The fourth-order valence-electron chi connectivity index (χ4n) is 2.73. The van der Waals surface area contributed by atoms with Crippen molar-refractivity contribution in [1.82, 2.24) is 10.3 Å². The minimum absolute atomic E-state index is 0.596. The van der Waals surface area contributed by atoms with Crippen molar-refractivity contribution in [3.63, 3.8) is 0 Å². The van der Waals surface area contributed by atoms with Crippen molar-refractivity contribution in [1.29, 1.82) is 0 Å². The first-order valence-electron chi connectivity index (χ1n) is 7.51. The highest BCUT2D eigenvalue weighted by atomic mass is 15.2. The molecule has 2 N–H and O–H groups in total. The lowest BCUT2D eigenvalue weighted by Gasteiger charge is -2.19. The summed E-state index contributed by atoms with van der Waals surface area (Å²) >= 11 is 0. The maximum Gasteiger partial charge on any atom is 0.128 e. The van der Waals surface area contributed by atoms with Crippen LogP contribution in [0.15, 0.2) is 48.7 Å². The molecule has 21 heavy (non-hydrogen) atoms. The van der Waals surface area contributed by atoms with Gasteiger partial charge in [0.15, 0.2) is 0 Å². The summed E-state index contributed by atoms with van der Waals surface area (Å²) in [6.45, 7) is 2.97. The van der Waals surface area contributed by atoms with Crippen LogP contribution in [0.1, 0.15) is 12.0 Å². The third-order valence-corrected chi connectivity index (χ3v) is 4.02. The first-order valence-corrected chi connectivity index (χ1v) is 7.51. The van der Waals surface area contributed by atoms with Gasteiger partial charge in [-0.1, -0.05) is 30.3 Å². The van der Waals surface area contributed by atoms with Crippen molar-refractivity contribution in [3.8, 4) is 0 Å². The summed E-state index contributed by atoms with van der Waals surface area (Å²) in [6, 6.07) is 15.2. The van der Waals surface area contributed by atoms with Gasteiger partial charge in [-0.3, -0.25) is 0 Å². The number of hydrogen-bond acceptors (Lipinski definition) is 4. The maximum atomic E-state index is 4.41. The molecule has 0 saturated carbocycles. The Balaban J connectivity index is 1.63. The molecule has 0 spiro atoms. The Kier molecular flexibility index (Phi) is 4.36. The van der Waals surface area contributed by atoms with Crippen molar-refractivity contribution in [2.24, 2.45) is 0 Å². The van der Waals surface area contributed by atoms with Crippen LogP contribution in [0.5, 0.6) is 0 Å².